The summed E-state index contributed by atoms with van der Waals surface area (Å²) in [7, 11) is 1.70. The van der Waals surface area contributed by atoms with Crippen molar-refractivity contribution in [3.05, 3.63) is 107 Å². The molecule has 0 saturated heterocycles. The van der Waals surface area contributed by atoms with Gasteiger partial charge in [0.1, 0.15) is 17.1 Å². The van der Waals surface area contributed by atoms with Crippen molar-refractivity contribution in [2.75, 3.05) is 7.11 Å². The van der Waals surface area contributed by atoms with Crippen molar-refractivity contribution < 1.29 is 9.47 Å². The number of rotatable bonds is 3. The number of ether oxygens (including phenoxy) is 2. The Bertz CT molecular complexity index is 1120. The Morgan fingerprint density at radius 3 is 1.93 bits per heavy atom. The molecule has 0 unspecified atom stereocenters. The first-order chi connectivity index (χ1) is 13.6. The molecule has 0 aromatic heterocycles. The van der Waals surface area contributed by atoms with Gasteiger partial charge in [-0.05, 0) is 48.2 Å². The molecule has 0 atom stereocenters. The van der Waals surface area contributed by atoms with Crippen LogP contribution in [0.3, 0.4) is 0 Å². The number of hydrogen-bond acceptors (Lipinski definition) is 2. The van der Waals surface area contributed by atoms with Crippen molar-refractivity contribution in [1.29, 1.82) is 0 Å². The van der Waals surface area contributed by atoms with Crippen molar-refractivity contribution in [3.8, 4) is 5.75 Å². The first-order valence-corrected chi connectivity index (χ1v) is 9.58. The van der Waals surface area contributed by atoms with Gasteiger partial charge in [-0.15, -0.1) is 0 Å². The van der Waals surface area contributed by atoms with Gasteiger partial charge >= 0.3 is 0 Å². The highest BCUT2D eigenvalue weighted by molar-refractivity contribution is 6.14. The Hall–Kier alpha value is -3.26. The Kier molecular flexibility index (Phi) is 3.70. The summed E-state index contributed by atoms with van der Waals surface area (Å²) in [5.74, 6) is 1.83. The number of fused-ring (bicyclic) bond motifs is 3. The molecule has 1 heterocycles. The molecule has 3 aromatic carbocycles. The van der Waals surface area contributed by atoms with E-state index in [1.165, 1.54) is 33.4 Å². The molecule has 2 nitrogen and oxygen atoms in total. The highest BCUT2D eigenvalue weighted by Gasteiger charge is 2.45. The fraction of sp³-hybridized carbons (Fsp3) is 0.154. The molecule has 2 aliphatic rings. The molecule has 138 valence electrons. The zero-order chi connectivity index (χ0) is 19.3. The van der Waals surface area contributed by atoms with Gasteiger partial charge in [-0.2, -0.15) is 0 Å². The largest absolute Gasteiger partial charge is 0.497 e. The van der Waals surface area contributed by atoms with Crippen LogP contribution in [0.5, 0.6) is 5.75 Å². The molecule has 0 fully saturated rings. The topological polar surface area (TPSA) is 18.5 Å². The van der Waals surface area contributed by atoms with Crippen LogP contribution < -0.4 is 4.74 Å². The quantitative estimate of drug-likeness (QED) is 0.550. The lowest BCUT2D eigenvalue weighted by Gasteiger charge is -2.24. The molecule has 5 rings (SSSR count). The molecule has 0 radical (unpaired) electrons. The van der Waals surface area contributed by atoms with Crippen molar-refractivity contribution >= 4 is 16.9 Å². The van der Waals surface area contributed by atoms with Crippen molar-refractivity contribution in [2.45, 2.75) is 19.4 Å². The van der Waals surface area contributed by atoms with E-state index >= 15 is 0 Å². The maximum absolute atomic E-state index is 6.55. The van der Waals surface area contributed by atoms with Gasteiger partial charge in [-0.25, -0.2) is 0 Å². The summed E-state index contributed by atoms with van der Waals surface area (Å²) in [5, 5.41) is 0. The summed E-state index contributed by atoms with van der Waals surface area (Å²) in [6, 6.07) is 27.4. The minimum Gasteiger partial charge on any atom is -0.497 e. The predicted molar refractivity (Wildman–Crippen MR) is 114 cm³/mol. The summed E-state index contributed by atoms with van der Waals surface area (Å²) < 4.78 is 11.9. The molecular weight excluding hydrogens is 344 g/mol. The highest BCUT2D eigenvalue weighted by Crippen LogP contribution is 2.57. The van der Waals surface area contributed by atoms with Gasteiger partial charge in [0, 0.05) is 16.7 Å². The van der Waals surface area contributed by atoms with Gasteiger partial charge in [-0.3, -0.25) is 0 Å². The van der Waals surface area contributed by atoms with Gasteiger partial charge in [0.2, 0.25) is 0 Å². The Balaban J connectivity index is 1.82. The van der Waals surface area contributed by atoms with E-state index in [9.17, 15) is 0 Å². The van der Waals surface area contributed by atoms with Crippen LogP contribution >= 0.6 is 0 Å². The fourth-order valence-corrected chi connectivity index (χ4v) is 4.36. The second-order valence-electron chi connectivity index (χ2n) is 7.71. The van der Waals surface area contributed by atoms with Crippen LogP contribution in [0.15, 0.2) is 84.4 Å². The predicted octanol–water partition coefficient (Wildman–Crippen LogP) is 6.19. The van der Waals surface area contributed by atoms with E-state index in [1.54, 1.807) is 7.11 Å². The zero-order valence-electron chi connectivity index (χ0n) is 16.3. The van der Waals surface area contributed by atoms with Gasteiger partial charge in [0.05, 0.1) is 7.11 Å². The lowest BCUT2D eigenvalue weighted by atomic mass is 9.89. The van der Waals surface area contributed by atoms with Crippen LogP contribution in [0, 0.1) is 0 Å². The van der Waals surface area contributed by atoms with E-state index in [0.717, 1.165) is 17.1 Å². The Labute approximate surface area is 165 Å². The van der Waals surface area contributed by atoms with Crippen LogP contribution in [-0.4, -0.2) is 12.7 Å². The molecule has 0 N–H and O–H groups in total. The third-order valence-corrected chi connectivity index (χ3v) is 5.57. The molecule has 3 aromatic rings. The van der Waals surface area contributed by atoms with E-state index < -0.39 is 5.60 Å². The maximum atomic E-state index is 6.55. The van der Waals surface area contributed by atoms with Crippen LogP contribution in [0.2, 0.25) is 0 Å². The van der Waals surface area contributed by atoms with Gasteiger partial charge in [0.15, 0.2) is 0 Å². The molecule has 28 heavy (non-hydrogen) atoms. The highest BCUT2D eigenvalue weighted by atomic mass is 16.5. The maximum Gasteiger partial charge on any atom is 0.136 e. The van der Waals surface area contributed by atoms with E-state index in [4.69, 9.17) is 9.47 Å². The molecule has 2 heteroatoms. The fourth-order valence-electron chi connectivity index (χ4n) is 4.36. The smallest absolute Gasteiger partial charge is 0.136 e. The molecule has 1 aliphatic carbocycles. The Morgan fingerprint density at radius 1 is 0.679 bits per heavy atom. The molecule has 0 bridgehead atoms. The summed E-state index contributed by atoms with van der Waals surface area (Å²) >= 11 is 0. The summed E-state index contributed by atoms with van der Waals surface area (Å²) in [5.41, 5.74) is 8.14. The van der Waals surface area contributed by atoms with Gasteiger partial charge in [-0.1, -0.05) is 66.7 Å². The van der Waals surface area contributed by atoms with Crippen LogP contribution in [0.25, 0.3) is 16.9 Å². The van der Waals surface area contributed by atoms with E-state index in [2.05, 4.69) is 74.5 Å². The van der Waals surface area contributed by atoms with Crippen molar-refractivity contribution in [1.82, 2.24) is 0 Å². The third-order valence-electron chi connectivity index (χ3n) is 5.57. The Morgan fingerprint density at radius 2 is 1.29 bits per heavy atom. The molecule has 1 aliphatic heterocycles. The normalized spacial score (nSPS) is 16.7. The summed E-state index contributed by atoms with van der Waals surface area (Å²) in [6.45, 7) is 4.32. The zero-order valence-corrected chi connectivity index (χ0v) is 16.3. The van der Waals surface area contributed by atoms with Crippen molar-refractivity contribution in [3.63, 3.8) is 0 Å². The average Bonchev–Trinajstić information content (AvgIpc) is 3.22. The number of benzene rings is 3. The summed E-state index contributed by atoms with van der Waals surface area (Å²) in [6.07, 6.45) is 0. The molecule has 0 spiro atoms. The number of hydrogen-bond donors (Lipinski definition) is 0. The SMILES string of the molecule is COc1ccc(C2=C3C(=C(c4ccccc4)OC3(C)C)c3ccccc32)cc1. The average molecular weight is 366 g/mol. The van der Waals surface area contributed by atoms with Crippen molar-refractivity contribution in [2.24, 2.45) is 0 Å². The first kappa shape index (κ1) is 16.9. The third kappa shape index (κ3) is 2.41. The number of methoxy groups -OCH3 is 1. The van der Waals surface area contributed by atoms with Crippen LogP contribution in [0.1, 0.15) is 36.1 Å². The van der Waals surface area contributed by atoms with Crippen LogP contribution in [-0.2, 0) is 4.74 Å². The summed E-state index contributed by atoms with van der Waals surface area (Å²) in [4.78, 5) is 0. The molecule has 0 amide bonds. The van der Waals surface area contributed by atoms with Gasteiger partial charge < -0.3 is 9.47 Å². The molecular formula is C26H22O2. The lowest BCUT2D eigenvalue weighted by molar-refractivity contribution is 0.133. The van der Waals surface area contributed by atoms with E-state index in [0.29, 0.717) is 0 Å². The van der Waals surface area contributed by atoms with Crippen LogP contribution in [0.4, 0.5) is 0 Å². The first-order valence-electron chi connectivity index (χ1n) is 9.58. The second kappa shape index (κ2) is 6.13. The second-order valence-corrected chi connectivity index (χ2v) is 7.71. The minimum atomic E-state index is -0.408. The lowest BCUT2D eigenvalue weighted by Crippen LogP contribution is -2.21. The monoisotopic (exact) mass is 366 g/mol. The van der Waals surface area contributed by atoms with E-state index in [1.807, 2.05) is 18.2 Å². The van der Waals surface area contributed by atoms with Gasteiger partial charge in [0.25, 0.3) is 0 Å². The molecule has 0 saturated carbocycles. The van der Waals surface area contributed by atoms with E-state index in [-0.39, 0.29) is 0 Å². The standard InChI is InChI=1S/C26H22O2/c1-26(2)24-22(17-13-15-19(27-3)16-14-17)20-11-7-8-12-21(20)23(24)25(28-26)18-9-5-4-6-10-18/h4-16H,1-3H3. The minimum absolute atomic E-state index is 0.408.